The summed E-state index contributed by atoms with van der Waals surface area (Å²) in [4.78, 5) is 37.4. The summed E-state index contributed by atoms with van der Waals surface area (Å²) in [6, 6.07) is 13.4. The molecule has 32 heavy (non-hydrogen) atoms. The number of nitrogens with zero attached hydrogens (tertiary/aromatic N) is 3. The zero-order valence-electron chi connectivity index (χ0n) is 18.2. The van der Waals surface area contributed by atoms with Gasteiger partial charge in [-0.3, -0.25) is 24.3 Å². The number of fused-ring (bicyclic) bond motifs is 1. The van der Waals surface area contributed by atoms with Crippen molar-refractivity contribution >= 4 is 22.5 Å². The summed E-state index contributed by atoms with van der Waals surface area (Å²) >= 11 is 0. The fourth-order valence-electron chi connectivity index (χ4n) is 3.94. The van der Waals surface area contributed by atoms with E-state index in [1.165, 1.54) is 28.8 Å². The van der Waals surface area contributed by atoms with Crippen LogP contribution < -0.4 is 10.9 Å². The first-order valence-electron chi connectivity index (χ1n) is 10.4. The van der Waals surface area contributed by atoms with Crippen LogP contribution in [0.1, 0.15) is 49.4 Å². The molecule has 0 spiro atoms. The number of aromatic nitrogens is 1. The van der Waals surface area contributed by atoms with Crippen molar-refractivity contribution in [1.29, 1.82) is 5.26 Å². The van der Waals surface area contributed by atoms with E-state index in [4.69, 9.17) is 0 Å². The molecule has 8 nitrogen and oxygen atoms in total. The Labute approximate surface area is 185 Å². The number of aryl methyl sites for hydroxylation is 1. The van der Waals surface area contributed by atoms with Crippen molar-refractivity contribution in [2.75, 3.05) is 0 Å². The molecule has 1 amide bonds. The van der Waals surface area contributed by atoms with E-state index < -0.39 is 22.4 Å². The van der Waals surface area contributed by atoms with Crippen LogP contribution in [0.15, 0.2) is 53.3 Å². The summed E-state index contributed by atoms with van der Waals surface area (Å²) in [6.07, 6.45) is 1.63. The highest BCUT2D eigenvalue weighted by atomic mass is 16.6. The lowest BCUT2D eigenvalue weighted by atomic mass is 10.00. The molecule has 3 rings (SSSR count). The van der Waals surface area contributed by atoms with Gasteiger partial charge in [-0.25, -0.2) is 0 Å². The van der Waals surface area contributed by atoms with Crippen LogP contribution in [0.5, 0.6) is 0 Å². The Morgan fingerprint density at radius 2 is 1.88 bits per heavy atom. The van der Waals surface area contributed by atoms with Gasteiger partial charge in [0.15, 0.2) is 0 Å². The molecule has 0 fully saturated rings. The number of nitro benzene ring substituents is 1. The maximum absolute atomic E-state index is 13.4. The second-order valence-electron chi connectivity index (χ2n) is 7.75. The number of nitriles is 1. The number of hydrogen-bond acceptors (Lipinski definition) is 5. The van der Waals surface area contributed by atoms with E-state index in [1.54, 1.807) is 31.2 Å². The van der Waals surface area contributed by atoms with Gasteiger partial charge in [0, 0.05) is 23.6 Å². The lowest BCUT2D eigenvalue weighted by molar-refractivity contribution is -0.384. The van der Waals surface area contributed by atoms with Crippen molar-refractivity contribution in [3.63, 3.8) is 0 Å². The third-order valence-electron chi connectivity index (χ3n) is 5.52. The molecule has 8 heteroatoms. The Morgan fingerprint density at radius 1 is 1.22 bits per heavy atom. The van der Waals surface area contributed by atoms with Crippen molar-refractivity contribution in [2.45, 2.75) is 45.7 Å². The number of nitrogens with one attached hydrogen (secondary N) is 1. The molecule has 3 aromatic rings. The van der Waals surface area contributed by atoms with E-state index >= 15 is 0 Å². The molecule has 0 saturated heterocycles. The smallest absolute Gasteiger partial charge is 0.270 e. The number of nitro groups is 1. The molecule has 2 aromatic carbocycles. The molecule has 0 saturated carbocycles. The molecule has 0 radical (unpaired) electrons. The number of carbonyl (C=O) groups excluding carboxylic acids is 1. The van der Waals surface area contributed by atoms with Crippen molar-refractivity contribution in [2.24, 2.45) is 0 Å². The van der Waals surface area contributed by atoms with Gasteiger partial charge in [-0.1, -0.05) is 31.5 Å². The minimum Gasteiger partial charge on any atom is -0.352 e. The largest absolute Gasteiger partial charge is 0.352 e. The number of pyridine rings is 1. The number of non-ortho nitro benzene ring substituents is 1. The van der Waals surface area contributed by atoms with Gasteiger partial charge in [0.25, 0.3) is 11.2 Å². The molecule has 2 unspecified atom stereocenters. The topological polar surface area (TPSA) is 118 Å². The van der Waals surface area contributed by atoms with Crippen LogP contribution in [0.25, 0.3) is 10.9 Å². The number of hydrogen-bond donors (Lipinski definition) is 1. The normalized spacial score (nSPS) is 12.7. The quantitative estimate of drug-likeness (QED) is 0.447. The van der Waals surface area contributed by atoms with Crippen LogP contribution >= 0.6 is 0 Å². The van der Waals surface area contributed by atoms with E-state index in [2.05, 4.69) is 5.32 Å². The van der Waals surface area contributed by atoms with Crippen LogP contribution in [-0.4, -0.2) is 21.4 Å². The Bertz CT molecular complexity index is 1270. The number of carbonyl (C=O) groups is 1. The van der Waals surface area contributed by atoms with Gasteiger partial charge in [-0.2, -0.15) is 5.26 Å². The van der Waals surface area contributed by atoms with Crippen LogP contribution in [0.3, 0.4) is 0 Å². The molecule has 1 N–H and O–H groups in total. The van der Waals surface area contributed by atoms with Crippen LogP contribution in [0.4, 0.5) is 5.69 Å². The Hall–Kier alpha value is -3.99. The van der Waals surface area contributed by atoms with E-state index in [1.807, 2.05) is 19.9 Å². The van der Waals surface area contributed by atoms with Gasteiger partial charge < -0.3 is 5.32 Å². The summed E-state index contributed by atoms with van der Waals surface area (Å²) in [5.41, 5.74) is 0.737. The fraction of sp³-hybridized carbons (Fsp3) is 0.292. The summed E-state index contributed by atoms with van der Waals surface area (Å²) < 4.78 is 1.32. The summed E-state index contributed by atoms with van der Waals surface area (Å²) in [5.74, 6) is -0.417. The number of para-hydroxylation sites is 1. The summed E-state index contributed by atoms with van der Waals surface area (Å²) in [7, 11) is 0. The van der Waals surface area contributed by atoms with Gasteiger partial charge in [0.05, 0.1) is 10.4 Å². The lowest BCUT2D eigenvalue weighted by Crippen LogP contribution is -2.42. The number of rotatable bonds is 7. The average Bonchev–Trinajstić information content (AvgIpc) is 2.77. The molecule has 0 bridgehead atoms. The minimum atomic E-state index is -1.10. The zero-order valence-corrected chi connectivity index (χ0v) is 18.2. The Kier molecular flexibility index (Phi) is 6.69. The van der Waals surface area contributed by atoms with Gasteiger partial charge in [0.1, 0.15) is 17.7 Å². The Balaban J connectivity index is 2.30. The first kappa shape index (κ1) is 22.7. The van der Waals surface area contributed by atoms with E-state index in [-0.39, 0.29) is 17.3 Å². The maximum Gasteiger partial charge on any atom is 0.270 e. The first-order valence-corrected chi connectivity index (χ1v) is 10.4. The average molecular weight is 432 g/mol. The molecule has 0 aliphatic rings. The van der Waals surface area contributed by atoms with E-state index in [0.717, 1.165) is 12.8 Å². The first-order chi connectivity index (χ1) is 15.3. The van der Waals surface area contributed by atoms with E-state index in [0.29, 0.717) is 22.0 Å². The molecular formula is C24H24N4O4. The maximum atomic E-state index is 13.4. The van der Waals surface area contributed by atoms with Crippen LogP contribution in [0, 0.1) is 28.4 Å². The minimum absolute atomic E-state index is 0.0370. The fourth-order valence-corrected chi connectivity index (χ4v) is 3.94. The SMILES string of the molecule is CCCC(C)NC(=O)C(c1ccc([N+](=O)[O-])cc1)n1c(=O)c(C#N)c(C)c2ccccc21. The summed E-state index contributed by atoms with van der Waals surface area (Å²) in [5, 5.41) is 24.4. The molecule has 164 valence electrons. The summed E-state index contributed by atoms with van der Waals surface area (Å²) in [6.45, 7) is 5.59. The second kappa shape index (κ2) is 9.43. The van der Waals surface area contributed by atoms with Crippen molar-refractivity contribution in [3.8, 4) is 6.07 Å². The van der Waals surface area contributed by atoms with Crippen molar-refractivity contribution in [1.82, 2.24) is 9.88 Å². The number of amides is 1. The molecule has 1 aromatic heterocycles. The standard InChI is InChI=1S/C24H24N4O4/c1-4-7-15(2)26-23(29)22(17-10-12-18(13-11-17)28(31)32)27-21-9-6-5-8-19(21)16(3)20(14-25)24(27)30/h5-6,8-13,15,22H,4,7H2,1-3H3,(H,26,29). The third kappa shape index (κ3) is 4.23. The van der Waals surface area contributed by atoms with Crippen molar-refractivity contribution < 1.29 is 9.72 Å². The predicted molar refractivity (Wildman–Crippen MR) is 121 cm³/mol. The molecule has 2 atom stereocenters. The highest BCUT2D eigenvalue weighted by molar-refractivity contribution is 5.89. The van der Waals surface area contributed by atoms with Crippen molar-refractivity contribution in [3.05, 3.63) is 85.7 Å². The van der Waals surface area contributed by atoms with Gasteiger partial charge >= 0.3 is 0 Å². The Morgan fingerprint density at radius 3 is 2.47 bits per heavy atom. The van der Waals surface area contributed by atoms with Crippen LogP contribution in [0.2, 0.25) is 0 Å². The van der Waals surface area contributed by atoms with Gasteiger partial charge in [0.2, 0.25) is 5.91 Å². The van der Waals surface area contributed by atoms with E-state index in [9.17, 15) is 25.0 Å². The predicted octanol–water partition coefficient (Wildman–Crippen LogP) is 3.98. The molecular weight excluding hydrogens is 408 g/mol. The number of benzene rings is 2. The molecule has 0 aliphatic carbocycles. The third-order valence-corrected chi connectivity index (χ3v) is 5.52. The van der Waals surface area contributed by atoms with Gasteiger partial charge in [-0.15, -0.1) is 0 Å². The highest BCUT2D eigenvalue weighted by Crippen LogP contribution is 2.27. The lowest BCUT2D eigenvalue weighted by Gasteiger charge is -2.25. The van der Waals surface area contributed by atoms with Crippen LogP contribution in [-0.2, 0) is 4.79 Å². The monoisotopic (exact) mass is 432 g/mol. The molecule has 0 aliphatic heterocycles. The molecule has 1 heterocycles. The second-order valence-corrected chi connectivity index (χ2v) is 7.75. The van der Waals surface area contributed by atoms with Gasteiger partial charge in [-0.05, 0) is 49.6 Å². The highest BCUT2D eigenvalue weighted by Gasteiger charge is 2.28. The zero-order chi connectivity index (χ0) is 23.4.